The van der Waals surface area contributed by atoms with Gasteiger partial charge in [-0.05, 0) is 38.3 Å². The van der Waals surface area contributed by atoms with Crippen LogP contribution in [-0.2, 0) is 10.2 Å². The summed E-state index contributed by atoms with van der Waals surface area (Å²) in [6.45, 7) is 5.31. The summed E-state index contributed by atoms with van der Waals surface area (Å²) in [5, 5.41) is 3.36. The Morgan fingerprint density at radius 3 is 2.89 bits per heavy atom. The van der Waals surface area contributed by atoms with Crippen LogP contribution in [0.4, 0.5) is 0 Å². The highest BCUT2D eigenvalue weighted by Crippen LogP contribution is 2.20. The number of rotatable bonds is 7. The molecular formula is C13H25N3O2S. The Kier molecular flexibility index (Phi) is 6.80. The Balaban J connectivity index is 2.56. The minimum absolute atomic E-state index is 0.123. The van der Waals surface area contributed by atoms with Gasteiger partial charge in [0.05, 0.1) is 6.54 Å². The average molecular weight is 287 g/mol. The van der Waals surface area contributed by atoms with Crippen molar-refractivity contribution in [3.63, 3.8) is 0 Å². The fraction of sp³-hybridized carbons (Fsp3) is 0.846. The van der Waals surface area contributed by atoms with Gasteiger partial charge in [-0.15, -0.1) is 6.42 Å². The molecule has 1 N–H and O–H groups in total. The minimum Gasteiger partial charge on any atom is -0.316 e. The van der Waals surface area contributed by atoms with E-state index < -0.39 is 10.2 Å². The molecule has 0 amide bonds. The fourth-order valence-electron chi connectivity index (χ4n) is 2.29. The summed E-state index contributed by atoms with van der Waals surface area (Å²) in [4.78, 5) is 0. The third-order valence-electron chi connectivity index (χ3n) is 3.38. The lowest BCUT2D eigenvalue weighted by molar-refractivity contribution is 0.248. The van der Waals surface area contributed by atoms with E-state index >= 15 is 0 Å². The van der Waals surface area contributed by atoms with Gasteiger partial charge in [-0.3, -0.25) is 0 Å². The van der Waals surface area contributed by atoms with E-state index in [9.17, 15) is 8.42 Å². The molecule has 1 fully saturated rings. The first-order chi connectivity index (χ1) is 9.02. The van der Waals surface area contributed by atoms with Crippen LogP contribution in [0.5, 0.6) is 0 Å². The molecule has 0 aromatic rings. The average Bonchev–Trinajstić information content (AvgIpc) is 2.39. The van der Waals surface area contributed by atoms with Crippen LogP contribution < -0.4 is 5.32 Å². The zero-order valence-electron chi connectivity index (χ0n) is 11.9. The Morgan fingerprint density at radius 2 is 2.26 bits per heavy atom. The number of nitrogens with one attached hydrogen (secondary N) is 1. The molecule has 0 radical (unpaired) electrons. The second kappa shape index (κ2) is 7.85. The van der Waals surface area contributed by atoms with E-state index in [0.29, 0.717) is 19.0 Å². The molecule has 1 saturated heterocycles. The second-order valence-corrected chi connectivity index (χ2v) is 7.07. The van der Waals surface area contributed by atoms with Crippen molar-refractivity contribution in [3.8, 4) is 12.3 Å². The molecule has 0 aliphatic carbocycles. The van der Waals surface area contributed by atoms with E-state index in [1.807, 2.05) is 0 Å². The van der Waals surface area contributed by atoms with Crippen LogP contribution in [0.2, 0.25) is 0 Å². The zero-order valence-corrected chi connectivity index (χ0v) is 12.7. The minimum atomic E-state index is -3.39. The van der Waals surface area contributed by atoms with Crippen LogP contribution in [0.25, 0.3) is 0 Å². The van der Waals surface area contributed by atoms with Crippen LogP contribution in [0.1, 0.15) is 26.2 Å². The maximum Gasteiger partial charge on any atom is 0.282 e. The quantitative estimate of drug-likeness (QED) is 0.548. The third-order valence-corrected chi connectivity index (χ3v) is 5.28. The van der Waals surface area contributed by atoms with Crippen LogP contribution in [0, 0.1) is 18.3 Å². The Bertz CT molecular complexity index is 403. The molecule has 0 saturated carbocycles. The van der Waals surface area contributed by atoms with E-state index in [4.69, 9.17) is 6.42 Å². The van der Waals surface area contributed by atoms with Crippen molar-refractivity contribution in [2.75, 3.05) is 39.8 Å². The molecule has 1 aliphatic rings. The molecular weight excluding hydrogens is 262 g/mol. The number of piperidine rings is 1. The molecule has 1 unspecified atom stereocenters. The summed E-state index contributed by atoms with van der Waals surface area (Å²) in [6, 6.07) is 0. The van der Waals surface area contributed by atoms with Gasteiger partial charge in [0.2, 0.25) is 0 Å². The first-order valence-corrected chi connectivity index (χ1v) is 8.27. The number of hydrogen-bond donors (Lipinski definition) is 1. The van der Waals surface area contributed by atoms with Crippen molar-refractivity contribution in [1.82, 2.24) is 13.9 Å². The van der Waals surface area contributed by atoms with Crippen molar-refractivity contribution >= 4 is 10.2 Å². The van der Waals surface area contributed by atoms with E-state index in [-0.39, 0.29) is 6.54 Å². The molecule has 19 heavy (non-hydrogen) atoms. The molecule has 6 heteroatoms. The van der Waals surface area contributed by atoms with Crippen LogP contribution in [-0.4, -0.2) is 56.8 Å². The molecule has 5 nitrogen and oxygen atoms in total. The predicted molar refractivity (Wildman–Crippen MR) is 77.8 cm³/mol. The molecule has 1 aliphatic heterocycles. The van der Waals surface area contributed by atoms with Gasteiger partial charge in [-0.2, -0.15) is 17.0 Å². The topological polar surface area (TPSA) is 52.7 Å². The van der Waals surface area contributed by atoms with E-state index in [0.717, 1.165) is 32.4 Å². The molecule has 110 valence electrons. The van der Waals surface area contributed by atoms with Crippen molar-refractivity contribution in [3.05, 3.63) is 0 Å². The molecule has 0 spiro atoms. The van der Waals surface area contributed by atoms with E-state index in [2.05, 4.69) is 18.2 Å². The van der Waals surface area contributed by atoms with Crippen LogP contribution >= 0.6 is 0 Å². The van der Waals surface area contributed by atoms with Gasteiger partial charge < -0.3 is 5.32 Å². The van der Waals surface area contributed by atoms with Gasteiger partial charge >= 0.3 is 0 Å². The molecule has 1 heterocycles. The van der Waals surface area contributed by atoms with Crippen LogP contribution in [0.3, 0.4) is 0 Å². The van der Waals surface area contributed by atoms with Gasteiger partial charge in [0.15, 0.2) is 0 Å². The van der Waals surface area contributed by atoms with Crippen molar-refractivity contribution in [2.24, 2.45) is 5.92 Å². The van der Waals surface area contributed by atoms with Crippen molar-refractivity contribution in [1.29, 1.82) is 0 Å². The number of hydrogen-bond acceptors (Lipinski definition) is 3. The largest absolute Gasteiger partial charge is 0.316 e. The fourth-order valence-corrected chi connectivity index (χ4v) is 3.68. The molecule has 0 aromatic heterocycles. The highest BCUT2D eigenvalue weighted by molar-refractivity contribution is 7.86. The normalized spacial score (nSPS) is 21.5. The van der Waals surface area contributed by atoms with Gasteiger partial charge in [-0.25, -0.2) is 0 Å². The summed E-state index contributed by atoms with van der Waals surface area (Å²) in [5.74, 6) is 2.77. The van der Waals surface area contributed by atoms with Crippen LogP contribution in [0.15, 0.2) is 0 Å². The Morgan fingerprint density at radius 1 is 1.53 bits per heavy atom. The summed E-state index contributed by atoms with van der Waals surface area (Å²) < 4.78 is 27.4. The third kappa shape index (κ3) is 4.77. The highest BCUT2D eigenvalue weighted by Gasteiger charge is 2.31. The van der Waals surface area contributed by atoms with Crippen molar-refractivity contribution in [2.45, 2.75) is 26.2 Å². The lowest BCUT2D eigenvalue weighted by Crippen LogP contribution is -2.48. The zero-order chi connectivity index (χ0) is 14.3. The summed E-state index contributed by atoms with van der Waals surface area (Å²) in [6.07, 6.45) is 8.28. The summed E-state index contributed by atoms with van der Waals surface area (Å²) in [7, 11) is -1.86. The molecule has 1 atom stereocenters. The standard InChI is InChI=1S/C13H25N3O2S/c1-4-8-14-11-13-7-6-10-16(12-13)19(17,18)15(3)9-5-2/h2,13-14H,4,6-12H2,1,3H3. The highest BCUT2D eigenvalue weighted by atomic mass is 32.2. The second-order valence-electron chi connectivity index (χ2n) is 5.04. The van der Waals surface area contributed by atoms with E-state index in [1.165, 1.54) is 11.4 Å². The SMILES string of the molecule is C#CCN(C)S(=O)(=O)N1CCCC(CNCCC)C1. The Hall–Kier alpha value is -0.610. The number of nitrogens with zero attached hydrogens (tertiary/aromatic N) is 2. The number of terminal acetylenes is 1. The lowest BCUT2D eigenvalue weighted by atomic mass is 10.00. The molecule has 1 rings (SSSR count). The van der Waals surface area contributed by atoms with Gasteiger partial charge in [0.1, 0.15) is 0 Å². The smallest absolute Gasteiger partial charge is 0.282 e. The summed E-state index contributed by atoms with van der Waals surface area (Å²) >= 11 is 0. The summed E-state index contributed by atoms with van der Waals surface area (Å²) in [5.41, 5.74) is 0. The first-order valence-electron chi connectivity index (χ1n) is 6.88. The monoisotopic (exact) mass is 287 g/mol. The maximum absolute atomic E-state index is 12.3. The first kappa shape index (κ1) is 16.4. The van der Waals surface area contributed by atoms with Gasteiger partial charge in [0.25, 0.3) is 10.2 Å². The molecule has 0 aromatic carbocycles. The molecule has 0 bridgehead atoms. The van der Waals surface area contributed by atoms with E-state index in [1.54, 1.807) is 4.31 Å². The van der Waals surface area contributed by atoms with Gasteiger partial charge in [0, 0.05) is 20.1 Å². The van der Waals surface area contributed by atoms with Crippen molar-refractivity contribution < 1.29 is 8.42 Å². The maximum atomic E-state index is 12.3. The lowest BCUT2D eigenvalue weighted by Gasteiger charge is -2.34. The van der Waals surface area contributed by atoms with Gasteiger partial charge in [-0.1, -0.05) is 12.8 Å². The Labute approximate surface area is 117 Å². The predicted octanol–water partition coefficient (Wildman–Crippen LogP) is 0.508.